The van der Waals surface area contributed by atoms with Crippen LogP contribution in [-0.2, 0) is 0 Å². The molecule has 0 radical (unpaired) electrons. The lowest BCUT2D eigenvalue weighted by atomic mass is 10.1. The predicted octanol–water partition coefficient (Wildman–Crippen LogP) is 0.524. The van der Waals surface area contributed by atoms with Crippen LogP contribution < -0.4 is 22.1 Å². The van der Waals surface area contributed by atoms with Crippen molar-refractivity contribution in [1.82, 2.24) is 0 Å². The molecule has 1 aliphatic rings. The summed E-state index contributed by atoms with van der Waals surface area (Å²) in [5.41, 5.74) is 19.4. The van der Waals surface area contributed by atoms with E-state index in [1.165, 1.54) is 12.1 Å². The molecule has 0 saturated carbocycles. The van der Waals surface area contributed by atoms with Gasteiger partial charge < -0.3 is 22.1 Å². The third-order valence-electron chi connectivity index (χ3n) is 3.29. The van der Waals surface area contributed by atoms with Crippen molar-refractivity contribution in [3.63, 3.8) is 0 Å². The summed E-state index contributed by atoms with van der Waals surface area (Å²) in [4.78, 5) is 2.34. The molecule has 4 nitrogen and oxygen atoms in total. The van der Waals surface area contributed by atoms with Gasteiger partial charge in [0.05, 0.1) is 0 Å². The van der Waals surface area contributed by atoms with Crippen molar-refractivity contribution >= 4 is 11.4 Å². The summed E-state index contributed by atoms with van der Waals surface area (Å²) in [5.74, 6) is 0. The number of hydrogen-bond acceptors (Lipinski definition) is 4. The smallest absolute Gasteiger partial charge is 0.0454 e. The van der Waals surface area contributed by atoms with Crippen molar-refractivity contribution in [2.75, 3.05) is 23.7 Å². The quantitative estimate of drug-likeness (QED) is 0.649. The Balaban J connectivity index is 2.16. The van der Waals surface area contributed by atoms with Crippen LogP contribution in [0, 0.1) is 0 Å². The Labute approximate surface area is 96.4 Å². The Morgan fingerprint density at radius 1 is 1.31 bits per heavy atom. The second kappa shape index (κ2) is 4.72. The fourth-order valence-electron chi connectivity index (χ4n) is 2.38. The first-order valence-electron chi connectivity index (χ1n) is 5.80. The SMILES string of the molecule is NCC(N)C1CCCN1c1ccc(N)cc1. The number of hydrogen-bond donors (Lipinski definition) is 3. The highest BCUT2D eigenvalue weighted by Crippen LogP contribution is 2.27. The van der Waals surface area contributed by atoms with Crippen molar-refractivity contribution in [1.29, 1.82) is 0 Å². The topological polar surface area (TPSA) is 81.3 Å². The Bertz CT molecular complexity index is 335. The van der Waals surface area contributed by atoms with Gasteiger partial charge in [-0.25, -0.2) is 0 Å². The summed E-state index contributed by atoms with van der Waals surface area (Å²) in [6.45, 7) is 1.60. The van der Waals surface area contributed by atoms with Crippen molar-refractivity contribution in [3.05, 3.63) is 24.3 Å². The first-order valence-corrected chi connectivity index (χ1v) is 5.80. The van der Waals surface area contributed by atoms with Gasteiger partial charge in [0.25, 0.3) is 0 Å². The van der Waals surface area contributed by atoms with E-state index in [9.17, 15) is 0 Å². The van der Waals surface area contributed by atoms with Crippen LogP contribution >= 0.6 is 0 Å². The van der Waals surface area contributed by atoms with Crippen LogP contribution in [0.5, 0.6) is 0 Å². The molecule has 2 rings (SSSR count). The highest BCUT2D eigenvalue weighted by molar-refractivity contribution is 5.54. The van der Waals surface area contributed by atoms with E-state index in [4.69, 9.17) is 17.2 Å². The predicted molar refractivity (Wildman–Crippen MR) is 68.3 cm³/mol. The molecule has 1 saturated heterocycles. The standard InChI is InChI=1S/C12H20N4/c13-8-11(15)12-2-1-7-16(12)10-5-3-9(14)4-6-10/h3-6,11-12H,1-2,7-8,13-15H2. The maximum atomic E-state index is 6.04. The fraction of sp³-hybridized carbons (Fsp3) is 0.500. The van der Waals surface area contributed by atoms with Gasteiger partial charge in [-0.15, -0.1) is 0 Å². The zero-order chi connectivity index (χ0) is 11.5. The normalized spacial score (nSPS) is 22.4. The molecule has 1 fully saturated rings. The Morgan fingerprint density at radius 2 is 2.00 bits per heavy atom. The van der Waals surface area contributed by atoms with E-state index in [1.54, 1.807) is 0 Å². The van der Waals surface area contributed by atoms with Gasteiger partial charge in [0.1, 0.15) is 0 Å². The highest BCUT2D eigenvalue weighted by Gasteiger charge is 2.28. The van der Waals surface area contributed by atoms with E-state index in [0.29, 0.717) is 12.6 Å². The number of nitrogens with two attached hydrogens (primary N) is 3. The molecule has 88 valence electrons. The Hall–Kier alpha value is -1.26. The van der Waals surface area contributed by atoms with Crippen molar-refractivity contribution in [3.8, 4) is 0 Å². The van der Waals surface area contributed by atoms with Gasteiger partial charge in [-0.2, -0.15) is 0 Å². The molecule has 1 aromatic rings. The van der Waals surface area contributed by atoms with E-state index >= 15 is 0 Å². The van der Waals surface area contributed by atoms with Crippen LogP contribution in [0.1, 0.15) is 12.8 Å². The van der Waals surface area contributed by atoms with Gasteiger partial charge in [0.2, 0.25) is 0 Å². The minimum absolute atomic E-state index is 0.0556. The van der Waals surface area contributed by atoms with Crippen LogP contribution in [0.25, 0.3) is 0 Å². The zero-order valence-corrected chi connectivity index (χ0v) is 9.47. The van der Waals surface area contributed by atoms with Crippen molar-refractivity contribution in [2.24, 2.45) is 11.5 Å². The van der Waals surface area contributed by atoms with E-state index in [2.05, 4.69) is 17.0 Å². The van der Waals surface area contributed by atoms with Crippen LogP contribution in [-0.4, -0.2) is 25.2 Å². The molecule has 1 aromatic carbocycles. The molecule has 2 atom stereocenters. The zero-order valence-electron chi connectivity index (χ0n) is 9.47. The van der Waals surface area contributed by atoms with E-state index in [1.807, 2.05) is 12.1 Å². The molecule has 1 heterocycles. The molecule has 2 unspecified atom stereocenters. The second-order valence-corrected chi connectivity index (χ2v) is 4.39. The summed E-state index contributed by atoms with van der Waals surface area (Å²) in [6.07, 6.45) is 2.31. The largest absolute Gasteiger partial charge is 0.399 e. The molecule has 1 aliphatic heterocycles. The number of anilines is 2. The van der Waals surface area contributed by atoms with Crippen LogP contribution in [0.4, 0.5) is 11.4 Å². The highest BCUT2D eigenvalue weighted by atomic mass is 15.2. The molecule has 0 aliphatic carbocycles. The minimum atomic E-state index is 0.0556. The molecule has 16 heavy (non-hydrogen) atoms. The van der Waals surface area contributed by atoms with Gasteiger partial charge >= 0.3 is 0 Å². The summed E-state index contributed by atoms with van der Waals surface area (Å²) in [6, 6.07) is 8.39. The van der Waals surface area contributed by atoms with Gasteiger partial charge in [0, 0.05) is 36.5 Å². The maximum absolute atomic E-state index is 6.04. The lowest BCUT2D eigenvalue weighted by Gasteiger charge is -2.30. The number of nitrogen functional groups attached to an aromatic ring is 1. The molecule has 0 aromatic heterocycles. The van der Waals surface area contributed by atoms with E-state index in [0.717, 1.165) is 18.7 Å². The Kier molecular flexibility index (Phi) is 3.31. The van der Waals surface area contributed by atoms with Gasteiger partial charge in [-0.05, 0) is 37.1 Å². The first kappa shape index (κ1) is 11.2. The average Bonchev–Trinajstić information content (AvgIpc) is 2.78. The summed E-state index contributed by atoms with van der Waals surface area (Å²) >= 11 is 0. The van der Waals surface area contributed by atoms with E-state index in [-0.39, 0.29) is 6.04 Å². The van der Waals surface area contributed by atoms with Gasteiger partial charge in [-0.1, -0.05) is 0 Å². The van der Waals surface area contributed by atoms with Gasteiger partial charge in [-0.3, -0.25) is 0 Å². The maximum Gasteiger partial charge on any atom is 0.0454 e. The van der Waals surface area contributed by atoms with Gasteiger partial charge in [0.15, 0.2) is 0 Å². The number of rotatable bonds is 3. The number of benzene rings is 1. The van der Waals surface area contributed by atoms with Crippen LogP contribution in [0.3, 0.4) is 0 Å². The Morgan fingerprint density at radius 3 is 2.62 bits per heavy atom. The summed E-state index contributed by atoms with van der Waals surface area (Å²) in [5, 5.41) is 0. The lowest BCUT2D eigenvalue weighted by molar-refractivity contribution is 0.530. The van der Waals surface area contributed by atoms with E-state index < -0.39 is 0 Å². The minimum Gasteiger partial charge on any atom is -0.399 e. The lowest BCUT2D eigenvalue weighted by Crippen LogP contribution is -2.48. The molecule has 0 amide bonds. The average molecular weight is 220 g/mol. The van der Waals surface area contributed by atoms with Crippen LogP contribution in [0.2, 0.25) is 0 Å². The molecule has 0 spiro atoms. The molecular weight excluding hydrogens is 200 g/mol. The molecule has 4 heteroatoms. The fourth-order valence-corrected chi connectivity index (χ4v) is 2.38. The van der Waals surface area contributed by atoms with Crippen molar-refractivity contribution in [2.45, 2.75) is 24.9 Å². The van der Waals surface area contributed by atoms with Crippen LogP contribution in [0.15, 0.2) is 24.3 Å². The third-order valence-corrected chi connectivity index (χ3v) is 3.29. The molecule has 6 N–H and O–H groups in total. The second-order valence-electron chi connectivity index (χ2n) is 4.39. The monoisotopic (exact) mass is 220 g/mol. The summed E-state index contributed by atoms with van der Waals surface area (Å²) in [7, 11) is 0. The summed E-state index contributed by atoms with van der Waals surface area (Å²) < 4.78 is 0. The van der Waals surface area contributed by atoms with Crippen molar-refractivity contribution < 1.29 is 0 Å². The molecular formula is C12H20N4. The third kappa shape index (κ3) is 2.13. The number of nitrogens with zero attached hydrogens (tertiary/aromatic N) is 1. The molecule has 0 bridgehead atoms. The first-order chi connectivity index (χ1) is 7.72.